The number of nitrogens with two attached hydrogens (primary N) is 1. The molecule has 0 aromatic carbocycles. The highest BCUT2D eigenvalue weighted by molar-refractivity contribution is 5.77. The van der Waals surface area contributed by atoms with E-state index in [-0.39, 0.29) is 17.9 Å². The molecule has 2 saturated heterocycles. The second-order valence-electron chi connectivity index (χ2n) is 4.25. The second kappa shape index (κ2) is 4.28. The maximum atomic E-state index is 11.3. The maximum Gasteiger partial charge on any atom is 0.222 e. The number of hydrogen-bond acceptors (Lipinski definition) is 3. The van der Waals surface area contributed by atoms with E-state index in [4.69, 9.17) is 10.5 Å². The molecule has 1 amide bonds. The van der Waals surface area contributed by atoms with E-state index in [0.29, 0.717) is 5.92 Å². The van der Waals surface area contributed by atoms with E-state index in [1.165, 1.54) is 0 Å². The Balaban J connectivity index is 2.01. The largest absolute Gasteiger partial charge is 0.381 e. The molecular formula is C10H18N2O2. The van der Waals surface area contributed by atoms with Crippen molar-refractivity contribution in [2.45, 2.75) is 25.3 Å². The fourth-order valence-electron chi connectivity index (χ4n) is 2.56. The summed E-state index contributed by atoms with van der Waals surface area (Å²) in [6, 6.07) is 0.253. The number of primary amides is 1. The molecule has 2 heterocycles. The highest BCUT2D eigenvalue weighted by Gasteiger charge is 2.36. The van der Waals surface area contributed by atoms with Crippen LogP contribution in [-0.4, -0.2) is 31.7 Å². The normalized spacial score (nSPS) is 38.4. The van der Waals surface area contributed by atoms with E-state index in [9.17, 15) is 4.79 Å². The van der Waals surface area contributed by atoms with Crippen molar-refractivity contribution in [3.8, 4) is 0 Å². The summed E-state index contributed by atoms with van der Waals surface area (Å²) in [5.74, 6) is 0.331. The summed E-state index contributed by atoms with van der Waals surface area (Å²) in [6.45, 7) is 2.61. The number of hydrogen-bond donors (Lipinski definition) is 2. The van der Waals surface area contributed by atoms with Gasteiger partial charge in [-0.05, 0) is 25.8 Å². The molecule has 4 nitrogen and oxygen atoms in total. The third-order valence-electron chi connectivity index (χ3n) is 3.34. The third kappa shape index (κ3) is 1.91. The van der Waals surface area contributed by atoms with Crippen LogP contribution < -0.4 is 11.1 Å². The first kappa shape index (κ1) is 9.93. The lowest BCUT2D eigenvalue weighted by Crippen LogP contribution is -2.51. The van der Waals surface area contributed by atoms with Crippen molar-refractivity contribution in [3.63, 3.8) is 0 Å². The predicted molar refractivity (Wildman–Crippen MR) is 52.6 cm³/mol. The minimum absolute atomic E-state index is 0.00968. The number of carbonyl (C=O) groups is 1. The molecule has 0 bridgehead atoms. The highest BCUT2D eigenvalue weighted by atomic mass is 16.5. The summed E-state index contributed by atoms with van der Waals surface area (Å²) in [4.78, 5) is 11.3. The lowest BCUT2D eigenvalue weighted by Gasteiger charge is -2.34. The topological polar surface area (TPSA) is 64.4 Å². The summed E-state index contributed by atoms with van der Waals surface area (Å²) < 4.78 is 5.35. The SMILES string of the molecule is NC(=O)C1CCCNC1C1CCOC1. The first-order chi connectivity index (χ1) is 6.79. The zero-order valence-corrected chi connectivity index (χ0v) is 8.37. The Hall–Kier alpha value is -0.610. The molecule has 2 rings (SSSR count). The number of rotatable bonds is 2. The van der Waals surface area contributed by atoms with Crippen LogP contribution in [0.25, 0.3) is 0 Å². The zero-order chi connectivity index (χ0) is 9.97. The van der Waals surface area contributed by atoms with Gasteiger partial charge in [0.25, 0.3) is 0 Å². The molecule has 3 atom stereocenters. The van der Waals surface area contributed by atoms with Gasteiger partial charge in [0.1, 0.15) is 0 Å². The van der Waals surface area contributed by atoms with Crippen molar-refractivity contribution >= 4 is 5.91 Å². The van der Waals surface area contributed by atoms with Crippen molar-refractivity contribution < 1.29 is 9.53 Å². The first-order valence-corrected chi connectivity index (χ1v) is 5.39. The van der Waals surface area contributed by atoms with Crippen molar-refractivity contribution in [2.24, 2.45) is 17.6 Å². The van der Waals surface area contributed by atoms with Crippen LogP contribution in [0.4, 0.5) is 0 Å². The van der Waals surface area contributed by atoms with Gasteiger partial charge in [0.2, 0.25) is 5.91 Å². The molecule has 0 radical (unpaired) electrons. The molecule has 2 aliphatic rings. The van der Waals surface area contributed by atoms with Crippen LogP contribution in [-0.2, 0) is 9.53 Å². The van der Waals surface area contributed by atoms with Crippen LogP contribution in [0.15, 0.2) is 0 Å². The molecule has 0 aromatic rings. The summed E-state index contributed by atoms with van der Waals surface area (Å²) in [5.41, 5.74) is 5.41. The van der Waals surface area contributed by atoms with Gasteiger partial charge < -0.3 is 15.8 Å². The molecule has 2 fully saturated rings. The van der Waals surface area contributed by atoms with Gasteiger partial charge in [0.05, 0.1) is 12.5 Å². The summed E-state index contributed by atoms with van der Waals surface area (Å²) >= 11 is 0. The van der Waals surface area contributed by atoms with Crippen molar-refractivity contribution in [1.82, 2.24) is 5.32 Å². The van der Waals surface area contributed by atoms with Crippen LogP contribution in [0.3, 0.4) is 0 Å². The lowest BCUT2D eigenvalue weighted by atomic mass is 9.82. The smallest absolute Gasteiger partial charge is 0.222 e. The average Bonchev–Trinajstić information content (AvgIpc) is 2.70. The number of piperidine rings is 1. The molecule has 3 unspecified atom stereocenters. The number of ether oxygens (including phenoxy) is 1. The Morgan fingerprint density at radius 3 is 2.93 bits per heavy atom. The zero-order valence-electron chi connectivity index (χ0n) is 8.37. The van der Waals surface area contributed by atoms with E-state index < -0.39 is 0 Å². The van der Waals surface area contributed by atoms with Crippen molar-refractivity contribution in [1.29, 1.82) is 0 Å². The van der Waals surface area contributed by atoms with Gasteiger partial charge in [-0.1, -0.05) is 0 Å². The van der Waals surface area contributed by atoms with E-state index in [0.717, 1.165) is 39.0 Å². The molecule has 0 aliphatic carbocycles. The van der Waals surface area contributed by atoms with Crippen molar-refractivity contribution in [2.75, 3.05) is 19.8 Å². The van der Waals surface area contributed by atoms with Gasteiger partial charge in [0.15, 0.2) is 0 Å². The molecule has 2 aliphatic heterocycles. The lowest BCUT2D eigenvalue weighted by molar-refractivity contribution is -0.124. The predicted octanol–water partition coefficient (Wildman–Crippen LogP) is -0.124. The van der Waals surface area contributed by atoms with Crippen molar-refractivity contribution in [3.05, 3.63) is 0 Å². The van der Waals surface area contributed by atoms with Gasteiger partial charge in [-0.25, -0.2) is 0 Å². The Kier molecular flexibility index (Phi) is 3.03. The van der Waals surface area contributed by atoms with E-state index in [2.05, 4.69) is 5.32 Å². The molecular weight excluding hydrogens is 180 g/mol. The summed E-state index contributed by atoms with van der Waals surface area (Å²) in [5, 5.41) is 3.41. The number of nitrogens with one attached hydrogen (secondary N) is 1. The van der Waals surface area contributed by atoms with Gasteiger partial charge in [-0.2, -0.15) is 0 Å². The van der Waals surface area contributed by atoms with Gasteiger partial charge in [-0.15, -0.1) is 0 Å². The Morgan fingerprint density at radius 1 is 1.43 bits per heavy atom. The van der Waals surface area contributed by atoms with Crippen LogP contribution in [0.1, 0.15) is 19.3 Å². The molecule has 3 N–H and O–H groups in total. The van der Waals surface area contributed by atoms with Crippen LogP contribution in [0.5, 0.6) is 0 Å². The second-order valence-corrected chi connectivity index (χ2v) is 4.25. The van der Waals surface area contributed by atoms with Crippen LogP contribution in [0, 0.1) is 11.8 Å². The molecule has 80 valence electrons. The van der Waals surface area contributed by atoms with Gasteiger partial charge >= 0.3 is 0 Å². The minimum atomic E-state index is -0.158. The van der Waals surface area contributed by atoms with E-state index in [1.54, 1.807) is 0 Å². The van der Waals surface area contributed by atoms with E-state index in [1.807, 2.05) is 0 Å². The molecule has 0 spiro atoms. The highest BCUT2D eigenvalue weighted by Crippen LogP contribution is 2.27. The number of carbonyl (C=O) groups excluding carboxylic acids is 1. The van der Waals surface area contributed by atoms with Crippen LogP contribution >= 0.6 is 0 Å². The molecule has 14 heavy (non-hydrogen) atoms. The standard InChI is InChI=1S/C10H18N2O2/c11-10(13)8-2-1-4-12-9(8)7-3-5-14-6-7/h7-9,12H,1-6H2,(H2,11,13). The van der Waals surface area contributed by atoms with Gasteiger partial charge in [0, 0.05) is 18.6 Å². The average molecular weight is 198 g/mol. The molecule has 4 heteroatoms. The van der Waals surface area contributed by atoms with E-state index >= 15 is 0 Å². The molecule has 0 saturated carbocycles. The minimum Gasteiger partial charge on any atom is -0.381 e. The Morgan fingerprint density at radius 2 is 2.29 bits per heavy atom. The summed E-state index contributed by atoms with van der Waals surface area (Å²) in [7, 11) is 0. The fraction of sp³-hybridized carbons (Fsp3) is 0.900. The first-order valence-electron chi connectivity index (χ1n) is 5.39. The third-order valence-corrected chi connectivity index (χ3v) is 3.34. The number of amides is 1. The fourth-order valence-corrected chi connectivity index (χ4v) is 2.56. The van der Waals surface area contributed by atoms with Crippen LogP contribution in [0.2, 0.25) is 0 Å². The quantitative estimate of drug-likeness (QED) is 0.650. The Bertz CT molecular complexity index is 214. The Labute approximate surface area is 84.2 Å². The van der Waals surface area contributed by atoms with Gasteiger partial charge in [-0.3, -0.25) is 4.79 Å². The monoisotopic (exact) mass is 198 g/mol. The maximum absolute atomic E-state index is 11.3. The molecule has 0 aromatic heterocycles. The summed E-state index contributed by atoms with van der Waals surface area (Å²) in [6.07, 6.45) is 3.04.